The lowest BCUT2D eigenvalue weighted by Gasteiger charge is -2.02. The van der Waals surface area contributed by atoms with E-state index in [0.29, 0.717) is 32.8 Å². The topological polar surface area (TPSA) is 74.8 Å². The Labute approximate surface area is 163 Å². The zero-order valence-electron chi connectivity index (χ0n) is 13.0. The number of carbonyl (C=O) groups is 1. The molecular weight excluding hydrogens is 399 g/mol. The van der Waals surface area contributed by atoms with Gasteiger partial charge in [-0.1, -0.05) is 34.8 Å². The number of hydrazone groups is 1. The van der Waals surface area contributed by atoms with E-state index < -0.39 is 5.97 Å². The van der Waals surface area contributed by atoms with Crippen LogP contribution in [0.25, 0.3) is 11.3 Å². The second-order valence-corrected chi connectivity index (χ2v) is 6.42. The smallest absolute Gasteiger partial charge is 0.337 e. The first kappa shape index (κ1) is 18.3. The molecule has 8 heteroatoms. The first-order valence-corrected chi connectivity index (χ1v) is 8.44. The van der Waals surface area contributed by atoms with E-state index in [9.17, 15) is 4.79 Å². The molecule has 0 spiro atoms. The van der Waals surface area contributed by atoms with Crippen LogP contribution in [0.3, 0.4) is 0 Å². The van der Waals surface area contributed by atoms with Crippen LogP contribution in [-0.4, -0.2) is 17.3 Å². The largest absolute Gasteiger partial charge is 0.478 e. The van der Waals surface area contributed by atoms with Gasteiger partial charge in [0.15, 0.2) is 0 Å². The maximum atomic E-state index is 11.2. The fourth-order valence-corrected chi connectivity index (χ4v) is 2.65. The first-order chi connectivity index (χ1) is 12.4. The van der Waals surface area contributed by atoms with Crippen LogP contribution in [-0.2, 0) is 0 Å². The quantitative estimate of drug-likeness (QED) is 0.397. The van der Waals surface area contributed by atoms with Crippen molar-refractivity contribution in [3.63, 3.8) is 0 Å². The Bertz CT molecular complexity index is 999. The summed E-state index contributed by atoms with van der Waals surface area (Å²) in [5.41, 5.74) is 4.10. The summed E-state index contributed by atoms with van der Waals surface area (Å²) in [4.78, 5) is 11.2. The van der Waals surface area contributed by atoms with Crippen LogP contribution in [0, 0.1) is 0 Å². The van der Waals surface area contributed by atoms with E-state index in [0.717, 1.165) is 0 Å². The Morgan fingerprint density at radius 3 is 2.50 bits per heavy atom. The van der Waals surface area contributed by atoms with Crippen molar-refractivity contribution in [1.82, 2.24) is 0 Å². The molecule has 0 aliphatic heterocycles. The van der Waals surface area contributed by atoms with E-state index in [-0.39, 0.29) is 10.6 Å². The molecule has 0 aliphatic carbocycles. The predicted molar refractivity (Wildman–Crippen MR) is 104 cm³/mol. The van der Waals surface area contributed by atoms with Gasteiger partial charge in [0.25, 0.3) is 0 Å². The van der Waals surface area contributed by atoms with E-state index in [1.807, 2.05) is 0 Å². The number of benzene rings is 2. The van der Waals surface area contributed by atoms with Gasteiger partial charge in [0.05, 0.1) is 32.5 Å². The fourth-order valence-electron chi connectivity index (χ4n) is 2.16. The molecule has 26 heavy (non-hydrogen) atoms. The molecule has 0 unspecified atom stereocenters. The van der Waals surface area contributed by atoms with Crippen LogP contribution < -0.4 is 5.43 Å². The molecule has 0 radical (unpaired) electrons. The highest BCUT2D eigenvalue weighted by Crippen LogP contribution is 2.27. The van der Waals surface area contributed by atoms with E-state index in [1.54, 1.807) is 36.4 Å². The molecule has 0 atom stereocenters. The molecule has 0 saturated heterocycles. The summed E-state index contributed by atoms with van der Waals surface area (Å²) in [5, 5.41) is 14.3. The van der Waals surface area contributed by atoms with E-state index >= 15 is 0 Å². The van der Waals surface area contributed by atoms with Crippen LogP contribution in [0.1, 0.15) is 16.1 Å². The van der Waals surface area contributed by atoms with Gasteiger partial charge >= 0.3 is 5.97 Å². The van der Waals surface area contributed by atoms with Gasteiger partial charge < -0.3 is 9.52 Å². The summed E-state index contributed by atoms with van der Waals surface area (Å²) in [6, 6.07) is 13.1. The second kappa shape index (κ2) is 7.83. The molecule has 0 saturated carbocycles. The monoisotopic (exact) mass is 408 g/mol. The van der Waals surface area contributed by atoms with Crippen molar-refractivity contribution in [2.24, 2.45) is 5.10 Å². The Hall–Kier alpha value is -2.47. The molecule has 2 N–H and O–H groups in total. The van der Waals surface area contributed by atoms with Crippen molar-refractivity contribution < 1.29 is 14.3 Å². The molecule has 132 valence electrons. The molecule has 1 heterocycles. The van der Waals surface area contributed by atoms with E-state index in [2.05, 4.69) is 10.5 Å². The Morgan fingerprint density at radius 2 is 1.77 bits per heavy atom. The highest BCUT2D eigenvalue weighted by Gasteiger charge is 2.12. The third-order valence-corrected chi connectivity index (χ3v) is 4.48. The fraction of sp³-hybridized carbons (Fsp3) is 0. The van der Waals surface area contributed by atoms with Crippen LogP contribution in [0.5, 0.6) is 0 Å². The molecule has 0 aliphatic rings. The lowest BCUT2D eigenvalue weighted by Crippen LogP contribution is -1.97. The number of halogens is 3. The van der Waals surface area contributed by atoms with Gasteiger partial charge in [-0.3, -0.25) is 5.43 Å². The summed E-state index contributed by atoms with van der Waals surface area (Å²) in [6.45, 7) is 0. The first-order valence-electron chi connectivity index (χ1n) is 7.31. The van der Waals surface area contributed by atoms with Crippen molar-refractivity contribution in [2.45, 2.75) is 0 Å². The number of carboxylic acid groups (broad SMARTS) is 1. The maximum absolute atomic E-state index is 11.2. The van der Waals surface area contributed by atoms with E-state index in [1.165, 1.54) is 18.3 Å². The summed E-state index contributed by atoms with van der Waals surface area (Å²) >= 11 is 17.7. The van der Waals surface area contributed by atoms with Gasteiger partial charge in [0.2, 0.25) is 0 Å². The van der Waals surface area contributed by atoms with Crippen molar-refractivity contribution in [2.75, 3.05) is 5.43 Å². The third-order valence-electron chi connectivity index (χ3n) is 3.41. The molecular formula is C18H11Cl3N2O3. The number of furan rings is 1. The lowest BCUT2D eigenvalue weighted by molar-refractivity contribution is 0.0697. The summed E-state index contributed by atoms with van der Waals surface area (Å²) < 4.78 is 5.65. The highest BCUT2D eigenvalue weighted by atomic mass is 35.5. The number of anilines is 1. The zero-order valence-corrected chi connectivity index (χ0v) is 15.3. The minimum Gasteiger partial charge on any atom is -0.478 e. The van der Waals surface area contributed by atoms with Crippen LogP contribution in [0.2, 0.25) is 15.1 Å². The average molecular weight is 410 g/mol. The number of hydrogen-bond donors (Lipinski definition) is 2. The van der Waals surface area contributed by atoms with Crippen molar-refractivity contribution in [3.05, 3.63) is 74.9 Å². The number of hydrogen-bond acceptors (Lipinski definition) is 4. The number of carboxylic acids is 1. The van der Waals surface area contributed by atoms with E-state index in [4.69, 9.17) is 44.3 Å². The van der Waals surface area contributed by atoms with Crippen LogP contribution in [0.15, 0.2) is 58.0 Å². The van der Waals surface area contributed by atoms with Gasteiger partial charge in [-0.25, -0.2) is 4.79 Å². The Balaban J connectivity index is 1.74. The summed E-state index contributed by atoms with van der Waals surface area (Å²) in [6.07, 6.45) is 1.49. The Kier molecular flexibility index (Phi) is 5.52. The number of nitrogens with one attached hydrogen (secondary N) is 1. The Morgan fingerprint density at radius 1 is 1.00 bits per heavy atom. The summed E-state index contributed by atoms with van der Waals surface area (Å²) in [5.74, 6) is -0.115. The van der Waals surface area contributed by atoms with Gasteiger partial charge in [0.1, 0.15) is 11.5 Å². The van der Waals surface area contributed by atoms with Crippen molar-refractivity contribution in [3.8, 4) is 11.3 Å². The van der Waals surface area contributed by atoms with Crippen molar-refractivity contribution >= 4 is 52.7 Å². The third kappa shape index (κ3) is 4.19. The van der Waals surface area contributed by atoms with Gasteiger partial charge in [-0.05, 0) is 48.5 Å². The molecule has 0 amide bonds. The molecule has 0 fully saturated rings. The maximum Gasteiger partial charge on any atom is 0.337 e. The summed E-state index contributed by atoms with van der Waals surface area (Å²) in [7, 11) is 0. The SMILES string of the molecule is O=C(O)c1cc(-c2ccc(/C=N\Nc3ccc(Cl)c(Cl)c3)o2)ccc1Cl. The lowest BCUT2D eigenvalue weighted by atomic mass is 10.1. The molecule has 3 rings (SSSR count). The predicted octanol–water partition coefficient (Wildman–Crippen LogP) is 6.05. The van der Waals surface area contributed by atoms with Crippen LogP contribution in [0.4, 0.5) is 5.69 Å². The molecule has 1 aromatic heterocycles. The minimum atomic E-state index is -1.10. The van der Waals surface area contributed by atoms with Crippen LogP contribution >= 0.6 is 34.8 Å². The number of rotatable bonds is 5. The van der Waals surface area contributed by atoms with Gasteiger partial charge in [0, 0.05) is 5.56 Å². The molecule has 5 nitrogen and oxygen atoms in total. The van der Waals surface area contributed by atoms with Crippen molar-refractivity contribution in [1.29, 1.82) is 0 Å². The molecule has 0 bridgehead atoms. The number of aromatic carboxylic acids is 1. The average Bonchev–Trinajstić information content (AvgIpc) is 3.07. The minimum absolute atomic E-state index is 0.0112. The normalized spacial score (nSPS) is 11.0. The second-order valence-electron chi connectivity index (χ2n) is 5.20. The molecule has 3 aromatic rings. The zero-order chi connectivity index (χ0) is 18.7. The van der Waals surface area contributed by atoms with Gasteiger partial charge in [-0.2, -0.15) is 5.10 Å². The number of nitrogens with zero attached hydrogens (tertiary/aromatic N) is 1. The van der Waals surface area contributed by atoms with Gasteiger partial charge in [-0.15, -0.1) is 0 Å². The standard InChI is InChI=1S/C18H11Cl3N2O3/c19-14-4-1-10(7-13(14)18(24)25)17-6-3-12(26-17)9-22-23-11-2-5-15(20)16(21)8-11/h1-9,23H,(H,24,25)/b22-9-. The highest BCUT2D eigenvalue weighted by molar-refractivity contribution is 6.42. The molecule has 2 aromatic carbocycles.